The van der Waals surface area contributed by atoms with Crippen LogP contribution in [0.1, 0.15) is 33.3 Å². The molecule has 0 saturated heterocycles. The fraction of sp³-hybridized carbons (Fsp3) is 0.474. The van der Waals surface area contributed by atoms with Crippen LogP contribution in [0.3, 0.4) is 0 Å². The van der Waals surface area contributed by atoms with Gasteiger partial charge in [-0.3, -0.25) is 9.59 Å². The van der Waals surface area contributed by atoms with Crippen LogP contribution in [-0.2, 0) is 35.0 Å². The van der Waals surface area contributed by atoms with Crippen LogP contribution in [0.4, 0.5) is 4.79 Å². The van der Waals surface area contributed by atoms with Crippen molar-refractivity contribution in [3.8, 4) is 0 Å². The summed E-state index contributed by atoms with van der Waals surface area (Å²) in [5.74, 6) is -2.49. The highest BCUT2D eigenvalue weighted by molar-refractivity contribution is 5.90. The molecule has 1 aromatic rings. The summed E-state index contributed by atoms with van der Waals surface area (Å²) < 4.78 is 14.5. The molecule has 0 aliphatic carbocycles. The van der Waals surface area contributed by atoms with E-state index in [-0.39, 0.29) is 6.42 Å². The van der Waals surface area contributed by atoms with Crippen molar-refractivity contribution in [3.63, 3.8) is 0 Å². The van der Waals surface area contributed by atoms with Crippen molar-refractivity contribution in [1.29, 1.82) is 0 Å². The van der Waals surface area contributed by atoms with E-state index in [0.29, 0.717) is 0 Å². The van der Waals surface area contributed by atoms with Gasteiger partial charge in [0.1, 0.15) is 11.6 Å². The van der Waals surface area contributed by atoms with E-state index in [1.54, 1.807) is 45.0 Å². The molecule has 154 valence electrons. The zero-order chi connectivity index (χ0) is 21.3. The number of amides is 2. The van der Waals surface area contributed by atoms with Crippen molar-refractivity contribution in [2.45, 2.75) is 52.0 Å². The molecular weight excluding hydrogens is 368 g/mol. The van der Waals surface area contributed by atoms with Gasteiger partial charge in [-0.2, -0.15) is 0 Å². The van der Waals surface area contributed by atoms with E-state index in [1.807, 2.05) is 6.07 Å². The number of rotatable bonds is 7. The van der Waals surface area contributed by atoms with Gasteiger partial charge in [0.2, 0.25) is 5.91 Å². The van der Waals surface area contributed by atoms with Gasteiger partial charge in [-0.25, -0.2) is 9.59 Å². The smallest absolute Gasteiger partial charge is 0.408 e. The van der Waals surface area contributed by atoms with Crippen molar-refractivity contribution < 1.29 is 33.4 Å². The summed E-state index contributed by atoms with van der Waals surface area (Å²) in [5.41, 5.74) is 0.00487. The Hall–Kier alpha value is -3.10. The van der Waals surface area contributed by atoms with E-state index < -0.39 is 41.8 Å². The Bertz CT molecular complexity index is 698. The highest BCUT2D eigenvalue weighted by Crippen LogP contribution is 2.09. The molecule has 0 unspecified atom stereocenters. The number of methoxy groups -OCH3 is 1. The molecule has 0 spiro atoms. The molecule has 0 aromatic heterocycles. The molecule has 9 heteroatoms. The van der Waals surface area contributed by atoms with Gasteiger partial charge in [-0.1, -0.05) is 30.3 Å². The van der Waals surface area contributed by atoms with Crippen LogP contribution in [0.2, 0.25) is 0 Å². The second-order valence-electron chi connectivity index (χ2n) is 6.91. The van der Waals surface area contributed by atoms with Gasteiger partial charge in [0.15, 0.2) is 0 Å². The topological polar surface area (TPSA) is 120 Å². The predicted molar refractivity (Wildman–Crippen MR) is 99.0 cm³/mol. The third-order valence-electron chi connectivity index (χ3n) is 3.26. The lowest BCUT2D eigenvalue weighted by atomic mass is 10.1. The molecule has 28 heavy (non-hydrogen) atoms. The third kappa shape index (κ3) is 8.52. The van der Waals surface area contributed by atoms with E-state index in [4.69, 9.17) is 9.47 Å². The summed E-state index contributed by atoms with van der Waals surface area (Å²) >= 11 is 0. The SMILES string of the molecule is COC(=O)[C@@H](NC(=O)[C@H](Cc1ccccc1)NC(=O)OC(C)(C)C)OC(C)=O. The average molecular weight is 394 g/mol. The van der Waals surface area contributed by atoms with E-state index in [9.17, 15) is 19.2 Å². The Labute approximate surface area is 163 Å². The van der Waals surface area contributed by atoms with Crippen LogP contribution in [0.15, 0.2) is 30.3 Å². The number of hydrogen-bond donors (Lipinski definition) is 2. The number of carbonyl (C=O) groups excluding carboxylic acids is 4. The van der Waals surface area contributed by atoms with Crippen molar-refractivity contribution in [1.82, 2.24) is 10.6 Å². The van der Waals surface area contributed by atoms with Crippen molar-refractivity contribution >= 4 is 23.9 Å². The first kappa shape index (κ1) is 22.9. The summed E-state index contributed by atoms with van der Waals surface area (Å²) in [7, 11) is 1.09. The number of ether oxygens (including phenoxy) is 3. The minimum Gasteiger partial charge on any atom is -0.465 e. The molecule has 2 N–H and O–H groups in total. The average Bonchev–Trinajstić information content (AvgIpc) is 2.58. The summed E-state index contributed by atoms with van der Waals surface area (Å²) in [6.07, 6.45) is -2.31. The Balaban J connectivity index is 2.97. The fourth-order valence-corrected chi connectivity index (χ4v) is 2.15. The Morgan fingerprint density at radius 3 is 2.14 bits per heavy atom. The minimum atomic E-state index is -1.63. The summed E-state index contributed by atoms with van der Waals surface area (Å²) in [4.78, 5) is 47.7. The van der Waals surface area contributed by atoms with Gasteiger partial charge in [-0.05, 0) is 26.3 Å². The van der Waals surface area contributed by atoms with Crippen LogP contribution in [-0.4, -0.2) is 48.9 Å². The molecule has 1 rings (SSSR count). The minimum absolute atomic E-state index is 0.125. The van der Waals surface area contributed by atoms with Crippen LogP contribution in [0.5, 0.6) is 0 Å². The van der Waals surface area contributed by atoms with E-state index in [0.717, 1.165) is 19.6 Å². The lowest BCUT2D eigenvalue weighted by molar-refractivity contribution is -0.168. The Morgan fingerprint density at radius 2 is 1.64 bits per heavy atom. The third-order valence-corrected chi connectivity index (χ3v) is 3.26. The van der Waals surface area contributed by atoms with Gasteiger partial charge in [0.05, 0.1) is 7.11 Å². The van der Waals surface area contributed by atoms with Crippen molar-refractivity contribution in [3.05, 3.63) is 35.9 Å². The maximum atomic E-state index is 12.7. The highest BCUT2D eigenvalue weighted by Gasteiger charge is 2.30. The second kappa shape index (κ2) is 10.3. The summed E-state index contributed by atoms with van der Waals surface area (Å²) in [6.45, 7) is 6.15. The molecule has 9 nitrogen and oxygen atoms in total. The van der Waals surface area contributed by atoms with E-state index in [1.165, 1.54) is 0 Å². The number of hydrogen-bond acceptors (Lipinski definition) is 7. The van der Waals surface area contributed by atoms with Gasteiger partial charge >= 0.3 is 18.0 Å². The van der Waals surface area contributed by atoms with Crippen LogP contribution in [0, 0.1) is 0 Å². The molecule has 0 saturated carbocycles. The van der Waals surface area contributed by atoms with Gasteiger partial charge in [0.25, 0.3) is 6.23 Å². The lowest BCUT2D eigenvalue weighted by Gasteiger charge is -2.24. The molecule has 0 aliphatic heterocycles. The first-order chi connectivity index (χ1) is 13.0. The first-order valence-electron chi connectivity index (χ1n) is 8.60. The van der Waals surface area contributed by atoms with Crippen LogP contribution < -0.4 is 10.6 Å². The number of esters is 2. The molecule has 0 bridgehead atoms. The van der Waals surface area contributed by atoms with Crippen LogP contribution >= 0.6 is 0 Å². The standard InChI is InChI=1S/C19H26N2O7/c1-12(22)27-16(17(24)26-5)21-15(23)14(11-13-9-7-6-8-10-13)20-18(25)28-19(2,3)4/h6-10,14,16H,11H2,1-5H3,(H,20,25)(H,21,23)/t14-,16-/m0/s1. The largest absolute Gasteiger partial charge is 0.465 e. The molecule has 0 radical (unpaired) electrons. The summed E-state index contributed by atoms with van der Waals surface area (Å²) in [6, 6.07) is 7.86. The fourth-order valence-electron chi connectivity index (χ4n) is 2.15. The molecule has 2 amide bonds. The number of alkyl carbamates (subject to hydrolysis) is 1. The molecular formula is C19H26N2O7. The van der Waals surface area contributed by atoms with Gasteiger partial charge in [0, 0.05) is 13.3 Å². The van der Waals surface area contributed by atoms with E-state index in [2.05, 4.69) is 15.4 Å². The van der Waals surface area contributed by atoms with E-state index >= 15 is 0 Å². The molecule has 0 fully saturated rings. The number of nitrogens with one attached hydrogen (secondary N) is 2. The first-order valence-corrected chi connectivity index (χ1v) is 8.60. The normalized spacial score (nSPS) is 12.9. The molecule has 1 aromatic carbocycles. The van der Waals surface area contributed by atoms with Crippen molar-refractivity contribution in [2.24, 2.45) is 0 Å². The molecule has 0 heterocycles. The quantitative estimate of drug-likeness (QED) is 0.406. The Morgan fingerprint density at radius 1 is 1.04 bits per heavy atom. The Kier molecular flexibility index (Phi) is 8.43. The lowest BCUT2D eigenvalue weighted by Crippen LogP contribution is -2.54. The zero-order valence-corrected chi connectivity index (χ0v) is 16.6. The van der Waals surface area contributed by atoms with Gasteiger partial charge in [-0.15, -0.1) is 0 Å². The molecule has 2 atom stereocenters. The van der Waals surface area contributed by atoms with Gasteiger partial charge < -0.3 is 24.8 Å². The summed E-state index contributed by atoms with van der Waals surface area (Å²) in [5, 5.41) is 4.73. The second-order valence-corrected chi connectivity index (χ2v) is 6.91. The zero-order valence-electron chi connectivity index (χ0n) is 16.6. The maximum absolute atomic E-state index is 12.7. The maximum Gasteiger partial charge on any atom is 0.408 e. The number of carbonyl (C=O) groups is 4. The highest BCUT2D eigenvalue weighted by atomic mass is 16.6. The van der Waals surface area contributed by atoms with Crippen LogP contribution in [0.25, 0.3) is 0 Å². The molecule has 0 aliphatic rings. The monoisotopic (exact) mass is 394 g/mol. The number of benzene rings is 1. The van der Waals surface area contributed by atoms with Crippen molar-refractivity contribution in [2.75, 3.05) is 7.11 Å². The predicted octanol–water partition coefficient (Wildman–Crippen LogP) is 1.30.